The molecule has 1 saturated heterocycles. The van der Waals surface area contributed by atoms with Gasteiger partial charge in [0.05, 0.1) is 5.56 Å². The number of pyridine rings is 1. The summed E-state index contributed by atoms with van der Waals surface area (Å²) in [7, 11) is 0. The molecule has 0 unspecified atom stereocenters. The van der Waals surface area contributed by atoms with Crippen molar-refractivity contribution in [3.63, 3.8) is 0 Å². The number of anilines is 1. The van der Waals surface area contributed by atoms with Crippen LogP contribution in [0.25, 0.3) is 0 Å². The van der Waals surface area contributed by atoms with Crippen molar-refractivity contribution in [2.75, 3.05) is 18.0 Å². The van der Waals surface area contributed by atoms with Crippen LogP contribution in [0.2, 0.25) is 0 Å². The highest BCUT2D eigenvalue weighted by atomic mass is 16.1. The van der Waals surface area contributed by atoms with E-state index >= 15 is 0 Å². The van der Waals surface area contributed by atoms with E-state index < -0.39 is 5.91 Å². The van der Waals surface area contributed by atoms with E-state index in [9.17, 15) is 4.79 Å². The summed E-state index contributed by atoms with van der Waals surface area (Å²) < 4.78 is 0. The molecule has 1 aromatic rings. The summed E-state index contributed by atoms with van der Waals surface area (Å²) in [5.74, 6) is 0.350. The third-order valence-electron chi connectivity index (χ3n) is 5.59. The molecule has 6 heteroatoms. The smallest absolute Gasteiger partial charge is 0.252 e. The van der Waals surface area contributed by atoms with Gasteiger partial charge in [-0.15, -0.1) is 0 Å². The third kappa shape index (κ3) is 6.18. The topological polar surface area (TPSA) is 106 Å². The molecule has 1 amide bonds. The summed E-state index contributed by atoms with van der Waals surface area (Å²) in [4.78, 5) is 18.5. The number of hydrogen-bond acceptors (Lipinski definition) is 5. The lowest BCUT2D eigenvalue weighted by atomic mass is 9.86. The zero-order valence-electron chi connectivity index (χ0n) is 17.7. The molecule has 0 spiro atoms. The second-order valence-corrected chi connectivity index (χ2v) is 7.78. The van der Waals surface area contributed by atoms with Gasteiger partial charge in [0.25, 0.3) is 5.91 Å². The molecule has 0 atom stereocenters. The van der Waals surface area contributed by atoms with Gasteiger partial charge in [0.1, 0.15) is 5.82 Å². The SMILES string of the molecule is CC.Cc1cnc(N2CCC(C)(NC3CCCCC3)CC2)c(C(N)=O)c1.N.[HH]. The van der Waals surface area contributed by atoms with Crippen LogP contribution in [-0.4, -0.2) is 35.6 Å². The van der Waals surface area contributed by atoms with Crippen LogP contribution in [0.15, 0.2) is 12.3 Å². The molecule has 6 nitrogen and oxygen atoms in total. The van der Waals surface area contributed by atoms with Gasteiger partial charge in [0.15, 0.2) is 0 Å². The van der Waals surface area contributed by atoms with E-state index in [-0.39, 0.29) is 13.1 Å². The number of carbonyl (C=O) groups excluding carboxylic acids is 1. The Morgan fingerprint density at radius 1 is 1.26 bits per heavy atom. The van der Waals surface area contributed by atoms with Crippen LogP contribution in [0.5, 0.6) is 0 Å². The van der Waals surface area contributed by atoms with E-state index in [1.807, 2.05) is 33.0 Å². The number of rotatable bonds is 4. The Hall–Kier alpha value is -1.66. The number of hydrogen-bond donors (Lipinski definition) is 3. The molecule has 2 aliphatic rings. The van der Waals surface area contributed by atoms with Crippen molar-refractivity contribution in [2.24, 2.45) is 5.73 Å². The molecule has 0 bridgehead atoms. The minimum atomic E-state index is -0.394. The first-order valence-electron chi connectivity index (χ1n) is 10.3. The Kier molecular flexibility index (Phi) is 9.19. The van der Waals surface area contributed by atoms with E-state index in [4.69, 9.17) is 5.73 Å². The molecule has 156 valence electrons. The number of carbonyl (C=O) groups is 1. The van der Waals surface area contributed by atoms with Crippen LogP contribution in [-0.2, 0) is 0 Å². The maximum absolute atomic E-state index is 11.7. The molecule has 27 heavy (non-hydrogen) atoms. The first-order valence-corrected chi connectivity index (χ1v) is 10.3. The number of aromatic nitrogens is 1. The summed E-state index contributed by atoms with van der Waals surface area (Å²) in [5, 5.41) is 3.91. The highest BCUT2D eigenvalue weighted by Crippen LogP contribution is 2.29. The largest absolute Gasteiger partial charge is 0.365 e. The molecule has 0 radical (unpaired) electrons. The van der Waals surface area contributed by atoms with Crippen molar-refractivity contribution < 1.29 is 6.22 Å². The number of amides is 1. The van der Waals surface area contributed by atoms with Gasteiger partial charge >= 0.3 is 0 Å². The minimum Gasteiger partial charge on any atom is -0.365 e. The van der Waals surface area contributed by atoms with Gasteiger partial charge in [-0.1, -0.05) is 33.1 Å². The Balaban J connectivity index is 0.00000177. The average Bonchev–Trinajstić information content (AvgIpc) is 2.65. The van der Waals surface area contributed by atoms with Gasteiger partial charge in [-0.3, -0.25) is 4.79 Å². The fourth-order valence-corrected chi connectivity index (χ4v) is 4.09. The second kappa shape index (κ2) is 10.6. The molecule has 6 N–H and O–H groups in total. The lowest BCUT2D eigenvalue weighted by Gasteiger charge is -2.43. The fourth-order valence-electron chi connectivity index (χ4n) is 4.09. The quantitative estimate of drug-likeness (QED) is 0.726. The maximum Gasteiger partial charge on any atom is 0.252 e. The van der Waals surface area contributed by atoms with Crippen LogP contribution >= 0.6 is 0 Å². The summed E-state index contributed by atoms with van der Waals surface area (Å²) in [6, 6.07) is 2.52. The van der Waals surface area contributed by atoms with E-state index in [1.54, 1.807) is 0 Å². The van der Waals surface area contributed by atoms with E-state index in [2.05, 4.69) is 22.1 Å². The summed E-state index contributed by atoms with van der Waals surface area (Å²) in [6.07, 6.45) is 10.7. The van der Waals surface area contributed by atoms with Crippen molar-refractivity contribution in [3.8, 4) is 0 Å². The third-order valence-corrected chi connectivity index (χ3v) is 5.59. The first kappa shape index (κ1) is 23.4. The van der Waals surface area contributed by atoms with Gasteiger partial charge in [-0.05, 0) is 51.2 Å². The number of aryl methyl sites for hydroxylation is 1. The van der Waals surface area contributed by atoms with Crippen LogP contribution in [0.1, 0.15) is 83.1 Å². The predicted octanol–water partition coefficient (Wildman–Crippen LogP) is 4.20. The highest BCUT2D eigenvalue weighted by molar-refractivity contribution is 5.97. The Bertz CT molecular complexity index is 596. The van der Waals surface area contributed by atoms with Crippen LogP contribution in [0.4, 0.5) is 5.82 Å². The van der Waals surface area contributed by atoms with Crippen molar-refractivity contribution in [2.45, 2.75) is 84.2 Å². The fraction of sp³-hybridized carbons (Fsp3) is 0.714. The molecular weight excluding hydrogens is 338 g/mol. The van der Waals surface area contributed by atoms with Crippen molar-refractivity contribution >= 4 is 11.7 Å². The number of nitrogens with one attached hydrogen (secondary N) is 1. The molecule has 1 aliphatic heterocycles. The average molecular weight is 380 g/mol. The molecule has 2 heterocycles. The van der Waals surface area contributed by atoms with E-state index in [0.717, 1.165) is 37.3 Å². The van der Waals surface area contributed by atoms with Crippen LogP contribution in [0, 0.1) is 6.92 Å². The maximum atomic E-state index is 11.7. The molecule has 1 saturated carbocycles. The first-order chi connectivity index (χ1) is 12.5. The molecule has 3 rings (SSSR count). The van der Waals surface area contributed by atoms with E-state index in [0.29, 0.717) is 11.6 Å². The van der Waals surface area contributed by atoms with Gasteiger partial charge in [0, 0.05) is 32.3 Å². The Labute approximate surface area is 166 Å². The summed E-state index contributed by atoms with van der Waals surface area (Å²) in [6.45, 7) is 10.1. The van der Waals surface area contributed by atoms with E-state index in [1.165, 1.54) is 32.1 Å². The summed E-state index contributed by atoms with van der Waals surface area (Å²) >= 11 is 0. The number of piperidine rings is 1. The predicted molar refractivity (Wildman–Crippen MR) is 116 cm³/mol. The minimum absolute atomic E-state index is 0. The van der Waals surface area contributed by atoms with Gasteiger partial charge in [-0.2, -0.15) is 0 Å². The second-order valence-electron chi connectivity index (χ2n) is 7.78. The Morgan fingerprint density at radius 3 is 2.41 bits per heavy atom. The lowest BCUT2D eigenvalue weighted by Crippen LogP contribution is -2.55. The number of nitrogens with zero attached hydrogens (tertiary/aromatic N) is 2. The van der Waals surface area contributed by atoms with Gasteiger partial charge < -0.3 is 22.1 Å². The molecular formula is C21H41N5O. The van der Waals surface area contributed by atoms with Gasteiger partial charge in [-0.25, -0.2) is 4.98 Å². The van der Waals surface area contributed by atoms with Crippen molar-refractivity contribution in [1.82, 2.24) is 16.5 Å². The van der Waals surface area contributed by atoms with Crippen LogP contribution < -0.4 is 22.1 Å². The summed E-state index contributed by atoms with van der Waals surface area (Å²) in [5.41, 5.74) is 7.25. The lowest BCUT2D eigenvalue weighted by molar-refractivity contribution is 0.1000. The molecule has 0 aromatic carbocycles. The molecule has 1 aliphatic carbocycles. The number of nitrogens with two attached hydrogens (primary N) is 1. The van der Waals surface area contributed by atoms with Crippen molar-refractivity contribution in [1.29, 1.82) is 0 Å². The Morgan fingerprint density at radius 2 is 1.85 bits per heavy atom. The normalized spacial score (nSPS) is 19.5. The van der Waals surface area contributed by atoms with Crippen LogP contribution in [0.3, 0.4) is 0 Å². The van der Waals surface area contributed by atoms with Crippen molar-refractivity contribution in [3.05, 3.63) is 23.4 Å². The van der Waals surface area contributed by atoms with Gasteiger partial charge in [0.2, 0.25) is 0 Å². The molecule has 2 fully saturated rings. The monoisotopic (exact) mass is 379 g/mol. The standard InChI is InChI=1S/C19H30N4O.C2H6.H3N.H2/c1-14-12-16(17(20)24)18(21-13-14)23-10-8-19(2,9-11-23)22-15-6-4-3-5-7-15;1-2;;/h12-13,15,22H,3-11H2,1-2H3,(H2,20,24);1-2H3;1H3;1H. The zero-order chi connectivity index (χ0) is 19.2. The molecule has 1 aromatic heterocycles. The highest BCUT2D eigenvalue weighted by Gasteiger charge is 2.33. The zero-order valence-corrected chi connectivity index (χ0v) is 17.7. The number of primary amides is 1.